The van der Waals surface area contributed by atoms with E-state index < -0.39 is 28.9 Å². The molecule has 168 valence electrons. The molecular formula is C23H20FN5O4. The van der Waals surface area contributed by atoms with Gasteiger partial charge in [-0.2, -0.15) is 9.78 Å². The van der Waals surface area contributed by atoms with E-state index in [1.54, 1.807) is 44.3 Å². The van der Waals surface area contributed by atoms with Gasteiger partial charge < -0.3 is 10.2 Å². The van der Waals surface area contributed by atoms with Crippen molar-refractivity contribution in [2.75, 3.05) is 12.4 Å². The smallest absolute Gasteiger partial charge is 0.322 e. The number of rotatable bonds is 4. The molecular weight excluding hydrogens is 429 g/mol. The number of benzene rings is 2. The van der Waals surface area contributed by atoms with Crippen molar-refractivity contribution in [1.82, 2.24) is 19.7 Å². The van der Waals surface area contributed by atoms with Gasteiger partial charge in [0, 0.05) is 36.8 Å². The third kappa shape index (κ3) is 4.49. The molecule has 9 nitrogen and oxygen atoms in total. The Hall–Kier alpha value is -4.34. The third-order valence-corrected chi connectivity index (χ3v) is 5.44. The van der Waals surface area contributed by atoms with Crippen LogP contribution in [-0.2, 0) is 9.59 Å². The maximum Gasteiger partial charge on any atom is 0.349 e. The van der Waals surface area contributed by atoms with E-state index in [1.165, 1.54) is 23.2 Å². The summed E-state index contributed by atoms with van der Waals surface area (Å²) in [4.78, 5) is 52.4. The van der Waals surface area contributed by atoms with Crippen molar-refractivity contribution in [1.29, 1.82) is 0 Å². The Morgan fingerprint density at radius 2 is 1.88 bits per heavy atom. The molecule has 0 radical (unpaired) electrons. The first-order valence-corrected chi connectivity index (χ1v) is 10.1. The molecule has 0 fully saturated rings. The summed E-state index contributed by atoms with van der Waals surface area (Å²) in [6.45, 7) is 1.78. The lowest BCUT2D eigenvalue weighted by Crippen LogP contribution is -2.33. The number of aromatic nitrogens is 3. The van der Waals surface area contributed by atoms with Gasteiger partial charge in [0.1, 0.15) is 12.0 Å². The summed E-state index contributed by atoms with van der Waals surface area (Å²) in [5.41, 5.74) is 1.15. The molecule has 0 spiro atoms. The molecule has 0 unspecified atom stereocenters. The van der Waals surface area contributed by atoms with Crippen LogP contribution in [-0.4, -0.2) is 38.5 Å². The average molecular weight is 449 g/mol. The highest BCUT2D eigenvalue weighted by Crippen LogP contribution is 2.33. The SMILES string of the molecule is Cc1ccc(-n2ncc(=O)[nH]c2=O)cc1NC(=O)C1=CN(C)C(=O)C[C@H]1c1ccc(F)cc1. The number of carbonyl (C=O) groups excluding carboxylic acids is 2. The zero-order valence-corrected chi connectivity index (χ0v) is 17.8. The molecule has 1 aliphatic rings. The minimum absolute atomic E-state index is 0.0666. The number of hydrogen-bond donors (Lipinski definition) is 2. The largest absolute Gasteiger partial charge is 0.349 e. The second-order valence-electron chi connectivity index (χ2n) is 7.70. The number of aryl methyl sites for hydroxylation is 1. The number of anilines is 1. The number of nitrogens with one attached hydrogen (secondary N) is 2. The van der Waals surface area contributed by atoms with Crippen LogP contribution in [0.25, 0.3) is 5.69 Å². The summed E-state index contributed by atoms with van der Waals surface area (Å²) in [6, 6.07) is 10.6. The second kappa shape index (κ2) is 8.65. The van der Waals surface area contributed by atoms with Crippen molar-refractivity contribution >= 4 is 17.5 Å². The maximum absolute atomic E-state index is 13.4. The zero-order chi connectivity index (χ0) is 23.7. The molecule has 1 aromatic heterocycles. The van der Waals surface area contributed by atoms with Crippen LogP contribution in [0, 0.1) is 12.7 Å². The van der Waals surface area contributed by atoms with Gasteiger partial charge in [-0.25, -0.2) is 9.18 Å². The van der Waals surface area contributed by atoms with Crippen molar-refractivity contribution < 1.29 is 14.0 Å². The van der Waals surface area contributed by atoms with Crippen molar-refractivity contribution in [2.45, 2.75) is 19.3 Å². The van der Waals surface area contributed by atoms with Crippen LogP contribution in [0.2, 0.25) is 0 Å². The van der Waals surface area contributed by atoms with E-state index in [1.807, 2.05) is 0 Å². The highest BCUT2D eigenvalue weighted by atomic mass is 19.1. The Bertz CT molecular complexity index is 1390. The van der Waals surface area contributed by atoms with Gasteiger partial charge in [-0.05, 0) is 42.3 Å². The van der Waals surface area contributed by atoms with E-state index in [0.717, 1.165) is 16.4 Å². The predicted molar refractivity (Wildman–Crippen MR) is 118 cm³/mol. The number of aromatic amines is 1. The Balaban J connectivity index is 1.68. The van der Waals surface area contributed by atoms with E-state index in [2.05, 4.69) is 15.4 Å². The van der Waals surface area contributed by atoms with Crippen molar-refractivity contribution in [3.63, 3.8) is 0 Å². The van der Waals surface area contributed by atoms with Crippen molar-refractivity contribution in [3.05, 3.63) is 98.2 Å². The lowest BCUT2D eigenvalue weighted by atomic mass is 9.85. The first-order valence-electron chi connectivity index (χ1n) is 10.1. The van der Waals surface area contributed by atoms with Gasteiger partial charge in [0.05, 0.1) is 5.69 Å². The number of H-pyrrole nitrogens is 1. The third-order valence-electron chi connectivity index (χ3n) is 5.44. The fourth-order valence-electron chi connectivity index (χ4n) is 3.62. The van der Waals surface area contributed by atoms with Gasteiger partial charge in [0.25, 0.3) is 11.5 Å². The van der Waals surface area contributed by atoms with E-state index in [-0.39, 0.29) is 12.3 Å². The van der Waals surface area contributed by atoms with Crippen LogP contribution in [0.4, 0.5) is 10.1 Å². The molecule has 2 amide bonds. The molecule has 0 saturated carbocycles. The fourth-order valence-corrected chi connectivity index (χ4v) is 3.62. The maximum atomic E-state index is 13.4. The van der Waals surface area contributed by atoms with E-state index in [9.17, 15) is 23.6 Å². The van der Waals surface area contributed by atoms with Crippen LogP contribution in [0.3, 0.4) is 0 Å². The lowest BCUT2D eigenvalue weighted by Gasteiger charge is -2.28. The fraction of sp³-hybridized carbons (Fsp3) is 0.174. The van der Waals surface area contributed by atoms with Crippen LogP contribution < -0.4 is 16.6 Å². The summed E-state index contributed by atoms with van der Waals surface area (Å²) in [6.07, 6.45) is 2.52. The van der Waals surface area contributed by atoms with Gasteiger partial charge in [0.15, 0.2) is 0 Å². The molecule has 4 rings (SSSR count). The molecule has 2 aromatic carbocycles. The number of halogens is 1. The first kappa shape index (κ1) is 21.9. The number of nitrogens with zero attached hydrogens (tertiary/aromatic N) is 3. The van der Waals surface area contributed by atoms with Crippen LogP contribution >= 0.6 is 0 Å². The summed E-state index contributed by atoms with van der Waals surface area (Å²) in [5, 5.41) is 6.66. The van der Waals surface area contributed by atoms with Gasteiger partial charge >= 0.3 is 5.69 Å². The molecule has 0 bridgehead atoms. The normalized spacial score (nSPS) is 15.8. The predicted octanol–water partition coefficient (Wildman–Crippen LogP) is 1.84. The van der Waals surface area contributed by atoms with E-state index >= 15 is 0 Å². The number of hydrogen-bond acceptors (Lipinski definition) is 5. The van der Waals surface area contributed by atoms with Gasteiger partial charge in [-0.3, -0.25) is 19.4 Å². The Kier molecular flexibility index (Phi) is 5.74. The van der Waals surface area contributed by atoms with Crippen molar-refractivity contribution in [2.24, 2.45) is 0 Å². The van der Waals surface area contributed by atoms with Crippen LogP contribution in [0.15, 0.2) is 70.0 Å². The Labute approximate surface area is 187 Å². The van der Waals surface area contributed by atoms with E-state index in [0.29, 0.717) is 22.5 Å². The molecule has 33 heavy (non-hydrogen) atoms. The minimum atomic E-state index is -0.713. The van der Waals surface area contributed by atoms with E-state index in [4.69, 9.17) is 0 Å². The molecule has 1 atom stereocenters. The van der Waals surface area contributed by atoms with Gasteiger partial charge in [-0.1, -0.05) is 18.2 Å². The lowest BCUT2D eigenvalue weighted by molar-refractivity contribution is -0.128. The molecule has 10 heteroatoms. The summed E-state index contributed by atoms with van der Waals surface area (Å²) < 4.78 is 14.4. The highest BCUT2D eigenvalue weighted by Gasteiger charge is 2.31. The summed E-state index contributed by atoms with van der Waals surface area (Å²) in [7, 11) is 1.57. The zero-order valence-electron chi connectivity index (χ0n) is 17.8. The standard InChI is InChI=1S/C23H20FN5O4/c1-13-3-8-16(29-23(33)27-20(30)11-25-29)9-19(13)26-22(32)18-12-28(2)21(31)10-17(18)14-4-6-15(24)7-5-14/h3-9,11-12,17H,10H2,1-2H3,(H,26,32)(H,27,30,33)/t17-/m0/s1. The molecule has 2 N–H and O–H groups in total. The topological polar surface area (TPSA) is 117 Å². The number of carbonyl (C=O) groups is 2. The van der Waals surface area contributed by atoms with Gasteiger partial charge in [0.2, 0.25) is 5.91 Å². The summed E-state index contributed by atoms with van der Waals surface area (Å²) in [5.74, 6) is -1.55. The molecule has 2 heterocycles. The number of amides is 2. The monoisotopic (exact) mass is 449 g/mol. The first-order chi connectivity index (χ1) is 15.7. The highest BCUT2D eigenvalue weighted by molar-refractivity contribution is 6.06. The minimum Gasteiger partial charge on any atom is -0.322 e. The van der Waals surface area contributed by atoms with Gasteiger partial charge in [-0.15, -0.1) is 0 Å². The van der Waals surface area contributed by atoms with Crippen LogP contribution in [0.5, 0.6) is 0 Å². The average Bonchev–Trinajstić information content (AvgIpc) is 2.77. The van der Waals surface area contributed by atoms with Crippen LogP contribution in [0.1, 0.15) is 23.5 Å². The molecule has 0 aliphatic carbocycles. The molecule has 3 aromatic rings. The molecule has 0 saturated heterocycles. The Morgan fingerprint density at radius 3 is 2.58 bits per heavy atom. The quantitative estimate of drug-likeness (QED) is 0.630. The van der Waals surface area contributed by atoms with Crippen molar-refractivity contribution in [3.8, 4) is 5.69 Å². The summed E-state index contributed by atoms with van der Waals surface area (Å²) >= 11 is 0. The Morgan fingerprint density at radius 1 is 1.15 bits per heavy atom. The second-order valence-corrected chi connectivity index (χ2v) is 7.70. The molecule has 1 aliphatic heterocycles.